The average molecular weight is 429 g/mol. The van der Waals surface area contributed by atoms with Gasteiger partial charge in [-0.25, -0.2) is 4.39 Å². The second kappa shape index (κ2) is 9.46. The number of rotatable bonds is 7. The second-order valence-electron chi connectivity index (χ2n) is 7.90. The Morgan fingerprint density at radius 1 is 1.45 bits per heavy atom. The van der Waals surface area contributed by atoms with Gasteiger partial charge in [0.25, 0.3) is 0 Å². The molecule has 166 valence electrons. The number of aliphatic imine (C=N–C) groups is 2. The van der Waals surface area contributed by atoms with E-state index in [-0.39, 0.29) is 29.2 Å². The minimum absolute atomic E-state index is 0.00924. The molecule has 1 saturated heterocycles. The molecule has 0 aliphatic carbocycles. The third-order valence-electron chi connectivity index (χ3n) is 5.64. The number of nitrogens with zero attached hydrogens (tertiary/aromatic N) is 4. The van der Waals surface area contributed by atoms with Crippen LogP contribution in [0.15, 0.2) is 33.9 Å². The summed E-state index contributed by atoms with van der Waals surface area (Å²) in [7, 11) is 5.42. The predicted molar refractivity (Wildman–Crippen MR) is 122 cm³/mol. The number of allylic oxidation sites excluding steroid dienone is 1. The highest BCUT2D eigenvalue weighted by molar-refractivity contribution is 6.14. The van der Waals surface area contributed by atoms with Gasteiger partial charge in [0.2, 0.25) is 0 Å². The zero-order chi connectivity index (χ0) is 22.7. The van der Waals surface area contributed by atoms with Crippen LogP contribution in [0, 0.1) is 16.6 Å². The molecular weight excluding hydrogens is 399 g/mol. The van der Waals surface area contributed by atoms with Crippen molar-refractivity contribution >= 4 is 30.2 Å². The van der Waals surface area contributed by atoms with E-state index in [1.54, 1.807) is 13.1 Å². The van der Waals surface area contributed by atoms with Gasteiger partial charge in [-0.15, -0.1) is 0 Å². The number of anilines is 1. The van der Waals surface area contributed by atoms with Crippen molar-refractivity contribution in [2.45, 2.75) is 24.2 Å². The molecule has 0 spiro atoms. The molecule has 9 nitrogen and oxygen atoms in total. The van der Waals surface area contributed by atoms with Crippen molar-refractivity contribution in [1.82, 2.24) is 15.1 Å². The number of nitrogens with two attached hydrogens (primary N) is 1. The maximum absolute atomic E-state index is 14.5. The lowest BCUT2D eigenvalue weighted by atomic mass is 9.94. The number of benzene rings is 1. The van der Waals surface area contributed by atoms with Crippen molar-refractivity contribution < 1.29 is 9.50 Å². The minimum atomic E-state index is -0.645. The standard InChI is InChI=1S/C21H29FN8O/c1-26-8-12(7-23)13-4-14(16(24)5-15(13)22)21(25)17-6-20(28-11-27-17)30-9-18(29(2)3)19(31)10-30/h4-8,11-12,18-20,23,25,31H,9-10,24H2,1-3H3,(H,27,28). The Morgan fingerprint density at radius 3 is 2.81 bits per heavy atom. The van der Waals surface area contributed by atoms with Gasteiger partial charge in [0.1, 0.15) is 12.0 Å². The fourth-order valence-electron chi connectivity index (χ4n) is 3.90. The molecule has 2 aliphatic heterocycles. The molecule has 0 amide bonds. The second-order valence-corrected chi connectivity index (χ2v) is 7.90. The number of hydrogen-bond acceptors (Lipinski definition) is 9. The number of β-amino-alcohol motifs (C(OH)–C–C–N with tert-alkyl or cyclic N) is 1. The van der Waals surface area contributed by atoms with Gasteiger partial charge < -0.3 is 26.5 Å². The summed E-state index contributed by atoms with van der Waals surface area (Å²) in [5, 5.41) is 29.6. The lowest BCUT2D eigenvalue weighted by Crippen LogP contribution is -2.39. The Hall–Kier alpha value is -2.95. The van der Waals surface area contributed by atoms with Crippen LogP contribution in [-0.2, 0) is 0 Å². The van der Waals surface area contributed by atoms with E-state index in [9.17, 15) is 9.50 Å². The van der Waals surface area contributed by atoms with E-state index < -0.39 is 17.8 Å². The van der Waals surface area contributed by atoms with E-state index in [0.717, 1.165) is 6.21 Å². The lowest BCUT2D eigenvalue weighted by Gasteiger charge is -2.26. The van der Waals surface area contributed by atoms with E-state index in [1.165, 1.54) is 24.7 Å². The summed E-state index contributed by atoms with van der Waals surface area (Å²) in [6, 6.07) is 2.68. The number of nitrogen functional groups attached to an aromatic ring is 1. The molecule has 1 aromatic carbocycles. The zero-order valence-electron chi connectivity index (χ0n) is 17.9. The Balaban J connectivity index is 1.88. The van der Waals surface area contributed by atoms with Gasteiger partial charge in [0.15, 0.2) is 0 Å². The van der Waals surface area contributed by atoms with Crippen LogP contribution < -0.4 is 11.1 Å². The zero-order valence-corrected chi connectivity index (χ0v) is 17.9. The molecule has 0 aromatic heterocycles. The summed E-state index contributed by atoms with van der Waals surface area (Å²) in [6.07, 6.45) is 5.07. The molecule has 1 fully saturated rings. The molecule has 2 aliphatic rings. The number of halogens is 1. The maximum atomic E-state index is 14.5. The Bertz CT molecular complexity index is 942. The Labute approximate surface area is 181 Å². The summed E-state index contributed by atoms with van der Waals surface area (Å²) in [5.74, 6) is -1.19. The van der Waals surface area contributed by atoms with Crippen molar-refractivity contribution in [3.8, 4) is 0 Å². The van der Waals surface area contributed by atoms with E-state index >= 15 is 0 Å². The third-order valence-corrected chi connectivity index (χ3v) is 5.64. The fraction of sp³-hybridized carbons (Fsp3) is 0.429. The monoisotopic (exact) mass is 428 g/mol. The number of likely N-dealkylation sites (N-methyl/N-ethyl adjacent to an activating group) is 1. The highest BCUT2D eigenvalue weighted by Gasteiger charge is 2.36. The average Bonchev–Trinajstić information content (AvgIpc) is 3.14. The van der Waals surface area contributed by atoms with Gasteiger partial charge in [-0.05, 0) is 32.3 Å². The molecule has 10 heteroatoms. The van der Waals surface area contributed by atoms with E-state index in [2.05, 4.69) is 15.3 Å². The molecular formula is C21H29FN8O. The van der Waals surface area contributed by atoms with Gasteiger partial charge in [-0.2, -0.15) is 0 Å². The van der Waals surface area contributed by atoms with Crippen LogP contribution in [-0.4, -0.2) is 91.9 Å². The maximum Gasteiger partial charge on any atom is 0.129 e. The molecule has 0 saturated carbocycles. The quantitative estimate of drug-likeness (QED) is 0.321. The number of aliphatic hydroxyl groups excluding tert-OH is 1. The smallest absolute Gasteiger partial charge is 0.129 e. The number of hydrogen-bond donors (Lipinski definition) is 5. The number of likely N-dealkylation sites (tertiary alicyclic amines) is 1. The number of aliphatic hydroxyl groups is 1. The van der Waals surface area contributed by atoms with Crippen LogP contribution in [0.4, 0.5) is 10.1 Å². The van der Waals surface area contributed by atoms with Crippen LogP contribution in [0.25, 0.3) is 0 Å². The van der Waals surface area contributed by atoms with Crippen molar-refractivity contribution in [2.24, 2.45) is 9.98 Å². The van der Waals surface area contributed by atoms with E-state index in [4.69, 9.17) is 16.6 Å². The number of nitrogens with one attached hydrogen (secondary N) is 3. The van der Waals surface area contributed by atoms with Crippen LogP contribution in [0.1, 0.15) is 17.0 Å². The first-order valence-electron chi connectivity index (χ1n) is 9.96. The first-order chi connectivity index (χ1) is 14.8. The van der Waals surface area contributed by atoms with Crippen LogP contribution in [0.5, 0.6) is 0 Å². The van der Waals surface area contributed by atoms with Crippen molar-refractivity contribution in [2.75, 3.05) is 40.0 Å². The molecule has 6 N–H and O–H groups in total. The van der Waals surface area contributed by atoms with Crippen molar-refractivity contribution in [3.05, 3.63) is 40.8 Å². The highest BCUT2D eigenvalue weighted by atomic mass is 19.1. The first kappa shape index (κ1) is 22.7. The van der Waals surface area contributed by atoms with Gasteiger partial charge in [-0.3, -0.25) is 20.3 Å². The summed E-state index contributed by atoms with van der Waals surface area (Å²) < 4.78 is 14.5. The third kappa shape index (κ3) is 4.71. The summed E-state index contributed by atoms with van der Waals surface area (Å²) in [5.41, 5.74) is 7.33. The van der Waals surface area contributed by atoms with Crippen LogP contribution >= 0.6 is 0 Å². The largest absolute Gasteiger partial charge is 0.398 e. The normalized spacial score (nSPS) is 25.0. The SMILES string of the molecule is CN=CC(C=N)c1cc(C(=N)C2=CC(N3CC(O)C(N(C)C)C3)N=CN2)c(N)cc1F. The lowest BCUT2D eigenvalue weighted by molar-refractivity contribution is 0.112. The van der Waals surface area contributed by atoms with Crippen LogP contribution in [0.3, 0.4) is 0 Å². The first-order valence-corrected chi connectivity index (χ1v) is 9.96. The molecule has 2 heterocycles. The Morgan fingerprint density at radius 2 is 2.19 bits per heavy atom. The summed E-state index contributed by atoms with van der Waals surface area (Å²) >= 11 is 0. The highest BCUT2D eigenvalue weighted by Crippen LogP contribution is 2.26. The van der Waals surface area contributed by atoms with Crippen molar-refractivity contribution in [1.29, 1.82) is 10.8 Å². The van der Waals surface area contributed by atoms with Gasteiger partial charge in [-0.1, -0.05) is 0 Å². The fourth-order valence-corrected chi connectivity index (χ4v) is 3.90. The molecule has 1 aromatic rings. The van der Waals surface area contributed by atoms with Crippen LogP contribution in [0.2, 0.25) is 0 Å². The van der Waals surface area contributed by atoms with Gasteiger partial charge in [0.05, 0.1) is 29.8 Å². The molecule has 0 radical (unpaired) electrons. The molecule has 31 heavy (non-hydrogen) atoms. The van der Waals surface area contributed by atoms with E-state index in [0.29, 0.717) is 24.4 Å². The van der Waals surface area contributed by atoms with Gasteiger partial charge >= 0.3 is 0 Å². The topological polar surface area (TPSA) is 137 Å². The summed E-state index contributed by atoms with van der Waals surface area (Å²) in [4.78, 5) is 12.4. The molecule has 3 rings (SSSR count). The molecule has 4 unspecified atom stereocenters. The van der Waals surface area contributed by atoms with E-state index in [1.807, 2.05) is 23.9 Å². The van der Waals surface area contributed by atoms with Crippen molar-refractivity contribution in [3.63, 3.8) is 0 Å². The molecule has 4 atom stereocenters. The predicted octanol–water partition coefficient (Wildman–Crippen LogP) is 0.658. The Kier molecular flexibility index (Phi) is 6.94. The minimum Gasteiger partial charge on any atom is -0.398 e. The van der Waals surface area contributed by atoms with Gasteiger partial charge in [0, 0.05) is 55.4 Å². The summed E-state index contributed by atoms with van der Waals surface area (Å²) in [6.45, 7) is 1.12. The molecule has 0 bridgehead atoms.